The van der Waals surface area contributed by atoms with Gasteiger partial charge < -0.3 is 8.90 Å². The molecule has 3 aromatic heterocycles. The lowest BCUT2D eigenvalue weighted by atomic mass is 9.40. The van der Waals surface area contributed by atoms with E-state index in [1.807, 2.05) is 11.3 Å². The molecule has 5 heterocycles. The third-order valence-corrected chi connectivity index (χ3v) is 12.0. The summed E-state index contributed by atoms with van der Waals surface area (Å²) >= 11 is 1.94. The molecule has 0 bridgehead atoms. The van der Waals surface area contributed by atoms with Crippen molar-refractivity contribution in [1.29, 1.82) is 0 Å². The van der Waals surface area contributed by atoms with Gasteiger partial charge in [0.2, 0.25) is 0 Å². The minimum atomic E-state index is 0.0923. The highest BCUT2D eigenvalue weighted by molar-refractivity contribution is 7.27. The van der Waals surface area contributed by atoms with Gasteiger partial charge in [-0.15, -0.1) is 11.3 Å². The predicted octanol–water partition coefficient (Wildman–Crippen LogP) is 9.21. The van der Waals surface area contributed by atoms with Crippen molar-refractivity contribution in [3.05, 3.63) is 132 Å². The van der Waals surface area contributed by atoms with Crippen LogP contribution in [0.25, 0.3) is 75.4 Å². The molecule has 0 N–H and O–H groups in total. The Morgan fingerprint density at radius 1 is 0.705 bits per heavy atom. The Balaban J connectivity index is 1.32. The second-order valence-corrected chi connectivity index (χ2v) is 13.7. The van der Waals surface area contributed by atoms with Crippen LogP contribution in [0, 0.1) is 0 Å². The van der Waals surface area contributed by atoms with E-state index in [0.717, 1.165) is 17.8 Å². The van der Waals surface area contributed by atoms with Gasteiger partial charge in [0.15, 0.2) is 0 Å². The monoisotopic (exact) mass is 575 g/mol. The molecule has 0 fully saturated rings. The smallest absolute Gasteiger partial charge is 0.329 e. The van der Waals surface area contributed by atoms with Crippen LogP contribution >= 0.6 is 11.3 Å². The fourth-order valence-electron chi connectivity index (χ4n) is 9.19. The number of thiophene rings is 1. The lowest BCUT2D eigenvalue weighted by molar-refractivity contribution is 0.616. The summed E-state index contributed by atoms with van der Waals surface area (Å²) in [4.78, 5) is 0. The van der Waals surface area contributed by atoms with E-state index >= 15 is 0 Å². The maximum atomic E-state index is 6.66. The first-order valence-electron chi connectivity index (χ1n) is 15.5. The molecule has 12 rings (SSSR count). The first-order valence-corrected chi connectivity index (χ1v) is 16.3. The van der Waals surface area contributed by atoms with Crippen molar-refractivity contribution in [3.8, 4) is 22.5 Å². The van der Waals surface area contributed by atoms with Gasteiger partial charge in [-0.3, -0.25) is 0 Å². The fraction of sp³-hybridized carbons (Fsp3) is 0.0500. The highest BCUT2D eigenvalue weighted by Gasteiger charge is 2.46. The second kappa shape index (κ2) is 7.53. The minimum absolute atomic E-state index is 0.0923. The molecule has 202 valence electrons. The number of nitrogens with zero attached hydrogens (tertiary/aromatic N) is 1. The van der Waals surface area contributed by atoms with E-state index in [1.54, 1.807) is 0 Å². The van der Waals surface area contributed by atoms with E-state index in [1.165, 1.54) is 91.7 Å². The number of furan rings is 1. The van der Waals surface area contributed by atoms with Crippen LogP contribution in [0.15, 0.2) is 120 Å². The standard InChI is InChI=1S/C40H22BNOS/c1-2-10-22-21(9-1)19-29-28-20-30-23-11-3-5-17-32(23)43-39(30)26-14-8-16-31(34(26)28)41-36(29)35(22)25-13-7-15-27-37(25)42(41)38-24-12-4-6-18-33(24)44-40(27)38/h1-19,28H,20H2. The Morgan fingerprint density at radius 2 is 1.48 bits per heavy atom. The molecule has 44 heavy (non-hydrogen) atoms. The Kier molecular flexibility index (Phi) is 3.85. The number of rotatable bonds is 0. The van der Waals surface area contributed by atoms with Crippen LogP contribution in [0.4, 0.5) is 0 Å². The second-order valence-electron chi connectivity index (χ2n) is 12.7. The molecule has 6 aromatic carbocycles. The summed E-state index contributed by atoms with van der Waals surface area (Å²) in [7, 11) is 0. The van der Waals surface area contributed by atoms with Crippen LogP contribution in [0.1, 0.15) is 22.6 Å². The molecular weight excluding hydrogens is 553 g/mol. The average Bonchev–Trinajstić information content (AvgIpc) is 3.74. The van der Waals surface area contributed by atoms with E-state index in [9.17, 15) is 0 Å². The summed E-state index contributed by atoms with van der Waals surface area (Å²) in [6.07, 6.45) is 0.952. The van der Waals surface area contributed by atoms with Crippen molar-refractivity contribution in [3.63, 3.8) is 0 Å². The van der Waals surface area contributed by atoms with E-state index in [4.69, 9.17) is 4.42 Å². The van der Waals surface area contributed by atoms with E-state index in [-0.39, 0.29) is 12.8 Å². The van der Waals surface area contributed by atoms with Crippen LogP contribution in [0.2, 0.25) is 0 Å². The molecule has 1 unspecified atom stereocenters. The number of hydrogen-bond acceptors (Lipinski definition) is 2. The van der Waals surface area contributed by atoms with Gasteiger partial charge in [0.05, 0.1) is 10.2 Å². The topological polar surface area (TPSA) is 18.1 Å². The Labute approximate surface area is 256 Å². The summed E-state index contributed by atoms with van der Waals surface area (Å²) in [6, 6.07) is 43.1. The molecule has 1 atom stereocenters. The maximum Gasteiger partial charge on any atom is 0.329 e. The van der Waals surface area contributed by atoms with Crippen LogP contribution in [0.5, 0.6) is 0 Å². The Hall–Kier alpha value is -5.06. The molecule has 0 saturated carbocycles. The molecule has 0 spiro atoms. The molecule has 4 heteroatoms. The van der Waals surface area contributed by atoms with Crippen molar-refractivity contribution >= 4 is 82.1 Å². The first-order chi connectivity index (χ1) is 21.8. The van der Waals surface area contributed by atoms with E-state index in [2.05, 4.69) is 120 Å². The van der Waals surface area contributed by atoms with Gasteiger partial charge in [0.25, 0.3) is 0 Å². The molecular formula is C40H22BNOS. The summed E-state index contributed by atoms with van der Waals surface area (Å²) in [5.74, 6) is 1.33. The number of para-hydroxylation sites is 2. The summed E-state index contributed by atoms with van der Waals surface area (Å²) in [5.41, 5.74) is 15.0. The molecule has 2 aliphatic heterocycles. The summed E-state index contributed by atoms with van der Waals surface area (Å²) < 4.78 is 12.1. The highest BCUT2D eigenvalue weighted by atomic mass is 32.1. The molecule has 0 radical (unpaired) electrons. The SMILES string of the molecule is c1cc2c3c(c1)-c1oc4ccccc4c1CC3c1cc3ccccc3c3c1B2n1c2c-3cccc2c2sc3ccccc3c21. The molecule has 0 amide bonds. The van der Waals surface area contributed by atoms with Crippen LogP contribution in [0.3, 0.4) is 0 Å². The lowest BCUT2D eigenvalue weighted by Gasteiger charge is -2.40. The minimum Gasteiger partial charge on any atom is -0.456 e. The van der Waals surface area contributed by atoms with Crippen molar-refractivity contribution in [2.75, 3.05) is 0 Å². The molecule has 2 nitrogen and oxygen atoms in total. The number of hydrogen-bond donors (Lipinski definition) is 0. The zero-order valence-electron chi connectivity index (χ0n) is 23.6. The lowest BCUT2D eigenvalue weighted by Crippen LogP contribution is -2.57. The number of benzene rings is 6. The summed E-state index contributed by atoms with van der Waals surface area (Å²) in [6.45, 7) is 0.0923. The zero-order valence-corrected chi connectivity index (χ0v) is 24.4. The first kappa shape index (κ1) is 22.5. The van der Waals surface area contributed by atoms with Gasteiger partial charge >= 0.3 is 6.85 Å². The third-order valence-electron chi connectivity index (χ3n) is 10.8. The predicted molar refractivity (Wildman–Crippen MR) is 185 cm³/mol. The molecule has 9 aromatic rings. The number of aromatic nitrogens is 1. The van der Waals surface area contributed by atoms with Gasteiger partial charge in [-0.25, -0.2) is 0 Å². The molecule has 1 aliphatic carbocycles. The van der Waals surface area contributed by atoms with Crippen LogP contribution < -0.4 is 10.9 Å². The number of fused-ring (bicyclic) bond motifs is 15. The molecule has 0 saturated heterocycles. The third kappa shape index (κ3) is 2.44. The normalized spacial score (nSPS) is 15.8. The Morgan fingerprint density at radius 3 is 2.43 bits per heavy atom. The van der Waals surface area contributed by atoms with Crippen molar-refractivity contribution < 1.29 is 4.42 Å². The van der Waals surface area contributed by atoms with Gasteiger partial charge in [0.1, 0.15) is 11.3 Å². The van der Waals surface area contributed by atoms with E-state index in [0.29, 0.717) is 0 Å². The van der Waals surface area contributed by atoms with Crippen LogP contribution in [-0.2, 0) is 6.42 Å². The molecule has 3 aliphatic rings. The van der Waals surface area contributed by atoms with Crippen molar-refractivity contribution in [2.24, 2.45) is 0 Å². The zero-order chi connectivity index (χ0) is 28.3. The maximum absolute atomic E-state index is 6.66. The average molecular weight is 576 g/mol. The summed E-state index contributed by atoms with van der Waals surface area (Å²) in [5, 5.41) is 6.65. The quantitative estimate of drug-likeness (QED) is 0.165. The fourth-order valence-corrected chi connectivity index (χ4v) is 10.4. The van der Waals surface area contributed by atoms with E-state index < -0.39 is 0 Å². The van der Waals surface area contributed by atoms with Gasteiger partial charge in [-0.2, -0.15) is 0 Å². The van der Waals surface area contributed by atoms with Gasteiger partial charge in [-0.1, -0.05) is 103 Å². The van der Waals surface area contributed by atoms with Crippen molar-refractivity contribution in [1.82, 2.24) is 4.48 Å². The Bertz CT molecular complexity index is 2780. The van der Waals surface area contributed by atoms with Crippen LogP contribution in [-0.4, -0.2) is 11.3 Å². The van der Waals surface area contributed by atoms with Gasteiger partial charge in [-0.05, 0) is 56.9 Å². The van der Waals surface area contributed by atoms with Crippen molar-refractivity contribution in [2.45, 2.75) is 12.3 Å². The largest absolute Gasteiger partial charge is 0.456 e. The highest BCUT2D eigenvalue weighted by Crippen LogP contribution is 2.52. The van der Waals surface area contributed by atoms with Gasteiger partial charge in [0, 0.05) is 49.0 Å².